The summed E-state index contributed by atoms with van der Waals surface area (Å²) in [5.41, 5.74) is 1.12. The predicted octanol–water partition coefficient (Wildman–Crippen LogP) is 4.68. The SMILES string of the molecule is CCOC(=O)C1(Cc2cccc(OC)c2)CCN(Cc2ccccc2OC(F)F)CC1. The summed E-state index contributed by atoms with van der Waals surface area (Å²) in [6.07, 6.45) is 1.82. The number of piperidine rings is 1. The van der Waals surface area contributed by atoms with Crippen LogP contribution < -0.4 is 9.47 Å². The fourth-order valence-corrected chi connectivity index (χ4v) is 4.14. The second kappa shape index (κ2) is 10.6. The molecule has 0 bridgehead atoms. The second-order valence-corrected chi connectivity index (χ2v) is 7.79. The van der Waals surface area contributed by atoms with Crippen molar-refractivity contribution in [2.75, 3.05) is 26.8 Å². The van der Waals surface area contributed by atoms with Crippen LogP contribution in [0, 0.1) is 5.41 Å². The van der Waals surface area contributed by atoms with Crippen LogP contribution in [0.1, 0.15) is 30.9 Å². The zero-order chi connectivity index (χ0) is 22.3. The van der Waals surface area contributed by atoms with Crippen molar-refractivity contribution in [1.29, 1.82) is 0 Å². The number of benzene rings is 2. The Kier molecular flexibility index (Phi) is 7.85. The Hall–Kier alpha value is -2.67. The van der Waals surface area contributed by atoms with E-state index in [1.165, 1.54) is 0 Å². The molecule has 2 aromatic rings. The third kappa shape index (κ3) is 5.94. The van der Waals surface area contributed by atoms with Crippen molar-refractivity contribution < 1.29 is 27.8 Å². The van der Waals surface area contributed by atoms with Crippen LogP contribution in [0.15, 0.2) is 48.5 Å². The molecule has 7 heteroatoms. The molecular formula is C24H29F2NO4. The number of methoxy groups -OCH3 is 1. The maximum atomic E-state index is 12.9. The minimum absolute atomic E-state index is 0.182. The third-order valence-electron chi connectivity index (χ3n) is 5.78. The number of carbonyl (C=O) groups is 1. The summed E-state index contributed by atoms with van der Waals surface area (Å²) in [7, 11) is 1.62. The Balaban J connectivity index is 1.72. The lowest BCUT2D eigenvalue weighted by Crippen LogP contribution is -2.46. The molecule has 0 N–H and O–H groups in total. The number of halogens is 2. The van der Waals surface area contributed by atoms with Gasteiger partial charge in [-0.3, -0.25) is 9.69 Å². The number of para-hydroxylation sites is 1. The summed E-state index contributed by atoms with van der Waals surface area (Å²) in [6, 6.07) is 14.6. The summed E-state index contributed by atoms with van der Waals surface area (Å²) in [5, 5.41) is 0. The van der Waals surface area contributed by atoms with Gasteiger partial charge in [0.25, 0.3) is 0 Å². The van der Waals surface area contributed by atoms with E-state index in [2.05, 4.69) is 9.64 Å². The molecule has 0 aromatic heterocycles. The Morgan fingerprint density at radius 1 is 1.13 bits per heavy atom. The van der Waals surface area contributed by atoms with E-state index in [1.54, 1.807) is 25.3 Å². The second-order valence-electron chi connectivity index (χ2n) is 7.79. The van der Waals surface area contributed by atoms with E-state index in [0.29, 0.717) is 51.1 Å². The van der Waals surface area contributed by atoms with Crippen molar-refractivity contribution in [1.82, 2.24) is 4.90 Å². The van der Waals surface area contributed by atoms with E-state index in [4.69, 9.17) is 9.47 Å². The highest BCUT2D eigenvalue weighted by atomic mass is 19.3. The van der Waals surface area contributed by atoms with Crippen LogP contribution in [0.4, 0.5) is 8.78 Å². The zero-order valence-corrected chi connectivity index (χ0v) is 18.0. The highest BCUT2D eigenvalue weighted by molar-refractivity contribution is 5.77. The first-order chi connectivity index (χ1) is 15.0. The molecule has 0 saturated carbocycles. The molecule has 168 valence electrons. The standard InChI is InChI=1S/C24H29F2NO4/c1-3-30-22(28)24(16-18-7-6-9-20(15-18)29-2)11-13-27(14-12-24)17-19-8-4-5-10-21(19)31-23(25)26/h4-10,15,23H,3,11-14,16-17H2,1-2H3. The van der Waals surface area contributed by atoms with Gasteiger partial charge in [0.05, 0.1) is 19.1 Å². The average molecular weight is 433 g/mol. The largest absolute Gasteiger partial charge is 0.497 e. The van der Waals surface area contributed by atoms with Gasteiger partial charge in [0.15, 0.2) is 0 Å². The summed E-state index contributed by atoms with van der Waals surface area (Å²) in [4.78, 5) is 15.1. The Bertz CT molecular complexity index is 866. The molecule has 1 fully saturated rings. The fraction of sp³-hybridized carbons (Fsp3) is 0.458. The highest BCUT2D eigenvalue weighted by Crippen LogP contribution is 2.38. The summed E-state index contributed by atoms with van der Waals surface area (Å²) in [5.74, 6) is 0.764. The Labute approximate surface area is 181 Å². The van der Waals surface area contributed by atoms with Crippen LogP contribution in [0.2, 0.25) is 0 Å². The molecule has 0 aliphatic carbocycles. The zero-order valence-electron chi connectivity index (χ0n) is 18.0. The quantitative estimate of drug-likeness (QED) is 0.537. The number of likely N-dealkylation sites (tertiary alicyclic amines) is 1. The molecule has 0 atom stereocenters. The number of nitrogens with zero attached hydrogens (tertiary/aromatic N) is 1. The molecule has 1 aliphatic rings. The van der Waals surface area contributed by atoms with E-state index in [0.717, 1.165) is 11.3 Å². The van der Waals surface area contributed by atoms with Crippen molar-refractivity contribution in [3.63, 3.8) is 0 Å². The Morgan fingerprint density at radius 2 is 1.87 bits per heavy atom. The van der Waals surface area contributed by atoms with Crippen LogP contribution in [0.25, 0.3) is 0 Å². The maximum Gasteiger partial charge on any atom is 0.387 e. The minimum Gasteiger partial charge on any atom is -0.497 e. The molecule has 5 nitrogen and oxygen atoms in total. The smallest absolute Gasteiger partial charge is 0.387 e. The first kappa shape index (κ1) is 23.0. The number of carbonyl (C=O) groups excluding carboxylic acids is 1. The maximum absolute atomic E-state index is 12.9. The number of hydrogen-bond acceptors (Lipinski definition) is 5. The number of rotatable bonds is 9. The van der Waals surface area contributed by atoms with Gasteiger partial charge in [0.2, 0.25) is 0 Å². The van der Waals surface area contributed by atoms with Gasteiger partial charge in [0, 0.05) is 12.1 Å². The predicted molar refractivity (Wildman–Crippen MR) is 113 cm³/mol. The van der Waals surface area contributed by atoms with Crippen molar-refractivity contribution >= 4 is 5.97 Å². The minimum atomic E-state index is -2.86. The van der Waals surface area contributed by atoms with Crippen LogP contribution >= 0.6 is 0 Å². The number of hydrogen-bond donors (Lipinski definition) is 0. The first-order valence-corrected chi connectivity index (χ1v) is 10.5. The lowest BCUT2D eigenvalue weighted by molar-refractivity contribution is -0.158. The average Bonchev–Trinajstić information content (AvgIpc) is 2.76. The molecular weight excluding hydrogens is 404 g/mol. The van der Waals surface area contributed by atoms with Crippen molar-refractivity contribution in [3.8, 4) is 11.5 Å². The number of esters is 1. The molecule has 31 heavy (non-hydrogen) atoms. The molecule has 0 radical (unpaired) electrons. The van der Waals surface area contributed by atoms with Crippen molar-refractivity contribution in [3.05, 3.63) is 59.7 Å². The topological polar surface area (TPSA) is 48.0 Å². The van der Waals surface area contributed by atoms with Gasteiger partial charge in [-0.25, -0.2) is 0 Å². The molecule has 3 rings (SSSR count). The lowest BCUT2D eigenvalue weighted by Gasteiger charge is -2.40. The molecule has 0 spiro atoms. The molecule has 0 unspecified atom stereocenters. The molecule has 1 aliphatic heterocycles. The molecule has 1 heterocycles. The number of ether oxygens (including phenoxy) is 3. The van der Waals surface area contributed by atoms with Crippen LogP contribution in [-0.2, 0) is 22.5 Å². The fourth-order valence-electron chi connectivity index (χ4n) is 4.14. The van der Waals surface area contributed by atoms with Gasteiger partial charge in [-0.05, 0) is 63.0 Å². The first-order valence-electron chi connectivity index (χ1n) is 10.5. The van der Waals surface area contributed by atoms with E-state index >= 15 is 0 Å². The summed E-state index contributed by atoms with van der Waals surface area (Å²) < 4.78 is 40.8. The van der Waals surface area contributed by atoms with Crippen molar-refractivity contribution in [2.45, 2.75) is 39.3 Å². The van der Waals surface area contributed by atoms with Crippen molar-refractivity contribution in [2.24, 2.45) is 5.41 Å². The van der Waals surface area contributed by atoms with E-state index in [1.807, 2.05) is 37.3 Å². The van der Waals surface area contributed by atoms with Crippen LogP contribution in [0.5, 0.6) is 11.5 Å². The normalized spacial score (nSPS) is 16.2. The van der Waals surface area contributed by atoms with E-state index in [-0.39, 0.29) is 11.7 Å². The van der Waals surface area contributed by atoms with E-state index < -0.39 is 12.0 Å². The van der Waals surface area contributed by atoms with Crippen LogP contribution in [0.3, 0.4) is 0 Å². The summed E-state index contributed by atoms with van der Waals surface area (Å²) in [6.45, 7) is 1.09. The van der Waals surface area contributed by atoms with Gasteiger partial charge in [-0.15, -0.1) is 0 Å². The monoisotopic (exact) mass is 433 g/mol. The Morgan fingerprint density at radius 3 is 2.55 bits per heavy atom. The summed E-state index contributed by atoms with van der Waals surface area (Å²) >= 11 is 0. The van der Waals surface area contributed by atoms with Crippen LogP contribution in [-0.4, -0.2) is 44.3 Å². The van der Waals surface area contributed by atoms with Gasteiger partial charge >= 0.3 is 12.6 Å². The highest BCUT2D eigenvalue weighted by Gasteiger charge is 2.42. The van der Waals surface area contributed by atoms with E-state index in [9.17, 15) is 13.6 Å². The molecule has 0 amide bonds. The van der Waals surface area contributed by atoms with Gasteiger partial charge in [-0.1, -0.05) is 30.3 Å². The molecule has 1 saturated heterocycles. The molecule has 2 aromatic carbocycles. The third-order valence-corrected chi connectivity index (χ3v) is 5.78. The van der Waals surface area contributed by atoms with Gasteiger partial charge < -0.3 is 14.2 Å². The van der Waals surface area contributed by atoms with Gasteiger partial charge in [0.1, 0.15) is 11.5 Å². The number of alkyl halides is 2. The lowest BCUT2D eigenvalue weighted by atomic mass is 9.73. The van der Waals surface area contributed by atoms with Gasteiger partial charge in [-0.2, -0.15) is 8.78 Å².